The molecule has 0 aliphatic heterocycles. The molecule has 90 valence electrons. The summed E-state index contributed by atoms with van der Waals surface area (Å²) in [4.78, 5) is 0. The highest BCUT2D eigenvalue weighted by molar-refractivity contribution is 9.10. The first kappa shape index (κ1) is 13.7. The summed E-state index contributed by atoms with van der Waals surface area (Å²) in [5.74, 6) is 0. The lowest BCUT2D eigenvalue weighted by atomic mass is 10.0. The monoisotopic (exact) mass is 283 g/mol. The quantitative estimate of drug-likeness (QED) is 0.800. The molecular formula is C14H22BrN. The Kier molecular flexibility index (Phi) is 6.07. The van der Waals surface area contributed by atoms with Crippen LogP contribution in [0.15, 0.2) is 28.7 Å². The molecule has 1 aromatic rings. The molecule has 0 aliphatic rings. The number of hydrogen-bond acceptors (Lipinski definition) is 1. The summed E-state index contributed by atoms with van der Waals surface area (Å²) < 4.78 is 1.20. The van der Waals surface area contributed by atoms with Crippen LogP contribution in [0.2, 0.25) is 0 Å². The maximum atomic E-state index is 3.69. The molecule has 2 atom stereocenters. The molecule has 1 nitrogen and oxygen atoms in total. The van der Waals surface area contributed by atoms with Crippen LogP contribution in [0, 0.1) is 0 Å². The summed E-state index contributed by atoms with van der Waals surface area (Å²) in [7, 11) is 0. The van der Waals surface area contributed by atoms with Crippen LogP contribution < -0.4 is 5.32 Å². The van der Waals surface area contributed by atoms with Gasteiger partial charge in [-0.1, -0.05) is 54.4 Å². The molecule has 1 rings (SSSR count). The van der Waals surface area contributed by atoms with Crippen LogP contribution in [0.5, 0.6) is 0 Å². The summed E-state index contributed by atoms with van der Waals surface area (Å²) in [6.45, 7) is 6.73. The van der Waals surface area contributed by atoms with Gasteiger partial charge in [-0.05, 0) is 31.4 Å². The topological polar surface area (TPSA) is 12.0 Å². The van der Waals surface area contributed by atoms with Crippen molar-refractivity contribution < 1.29 is 0 Å². The highest BCUT2D eigenvalue weighted by Crippen LogP contribution is 2.23. The van der Waals surface area contributed by atoms with Gasteiger partial charge >= 0.3 is 0 Å². The normalized spacial score (nSPS) is 14.8. The van der Waals surface area contributed by atoms with Gasteiger partial charge in [0, 0.05) is 16.6 Å². The van der Waals surface area contributed by atoms with E-state index in [1.54, 1.807) is 0 Å². The van der Waals surface area contributed by atoms with Gasteiger partial charge in [0.05, 0.1) is 0 Å². The Hall–Kier alpha value is -0.340. The van der Waals surface area contributed by atoms with E-state index in [2.05, 4.69) is 66.3 Å². The van der Waals surface area contributed by atoms with Gasteiger partial charge in [0.25, 0.3) is 0 Å². The van der Waals surface area contributed by atoms with Gasteiger partial charge in [-0.15, -0.1) is 0 Å². The number of benzene rings is 1. The number of halogens is 1. The summed E-state index contributed by atoms with van der Waals surface area (Å²) >= 11 is 3.61. The van der Waals surface area contributed by atoms with Crippen molar-refractivity contribution in [3.8, 4) is 0 Å². The summed E-state index contributed by atoms with van der Waals surface area (Å²) in [6.07, 6.45) is 3.70. The summed E-state index contributed by atoms with van der Waals surface area (Å²) in [5.41, 5.74) is 1.34. The maximum absolute atomic E-state index is 3.69. The molecule has 0 radical (unpaired) electrons. The molecular weight excluding hydrogens is 262 g/mol. The lowest BCUT2D eigenvalue weighted by molar-refractivity contribution is 0.416. The third-order valence-electron chi connectivity index (χ3n) is 2.99. The van der Waals surface area contributed by atoms with Crippen molar-refractivity contribution in [3.05, 3.63) is 34.3 Å². The first-order chi connectivity index (χ1) is 7.69. The van der Waals surface area contributed by atoms with Gasteiger partial charge in [-0.25, -0.2) is 0 Å². The second-order valence-electron chi connectivity index (χ2n) is 4.30. The van der Waals surface area contributed by atoms with Crippen molar-refractivity contribution in [1.82, 2.24) is 5.32 Å². The maximum Gasteiger partial charge on any atom is 0.0305 e. The zero-order valence-corrected chi connectivity index (χ0v) is 12.0. The second-order valence-corrected chi connectivity index (χ2v) is 5.16. The van der Waals surface area contributed by atoms with E-state index in [-0.39, 0.29) is 0 Å². The van der Waals surface area contributed by atoms with Crippen LogP contribution >= 0.6 is 15.9 Å². The van der Waals surface area contributed by atoms with Crippen molar-refractivity contribution >= 4 is 15.9 Å². The molecule has 0 bridgehead atoms. The molecule has 0 heterocycles. The molecule has 0 fully saturated rings. The van der Waals surface area contributed by atoms with Gasteiger partial charge in [-0.2, -0.15) is 0 Å². The van der Waals surface area contributed by atoms with Gasteiger partial charge < -0.3 is 5.32 Å². The van der Waals surface area contributed by atoms with E-state index in [0.29, 0.717) is 12.1 Å². The first-order valence-corrected chi connectivity index (χ1v) is 6.98. The van der Waals surface area contributed by atoms with E-state index in [0.717, 1.165) is 0 Å². The van der Waals surface area contributed by atoms with E-state index >= 15 is 0 Å². The number of hydrogen-bond donors (Lipinski definition) is 1. The molecule has 0 aromatic heterocycles. The molecule has 0 amide bonds. The standard InChI is InChI=1S/C14H22BrN/c1-4-8-12(5-2)16-11(3)13-9-6-7-10-14(13)15/h6-7,9-12,16H,4-5,8H2,1-3H3/t11-,12?/m1/s1. The Balaban J connectivity index is 2.64. The van der Waals surface area contributed by atoms with Crippen LogP contribution in [0.4, 0.5) is 0 Å². The van der Waals surface area contributed by atoms with Gasteiger partial charge in [0.1, 0.15) is 0 Å². The van der Waals surface area contributed by atoms with Crippen molar-refractivity contribution in [1.29, 1.82) is 0 Å². The lowest BCUT2D eigenvalue weighted by Gasteiger charge is -2.23. The Bertz CT molecular complexity index is 311. The zero-order valence-electron chi connectivity index (χ0n) is 10.5. The highest BCUT2D eigenvalue weighted by Gasteiger charge is 2.12. The fourth-order valence-corrected chi connectivity index (χ4v) is 2.65. The molecule has 1 N–H and O–H groups in total. The lowest BCUT2D eigenvalue weighted by Crippen LogP contribution is -2.31. The van der Waals surface area contributed by atoms with Crippen molar-refractivity contribution in [2.75, 3.05) is 0 Å². The Morgan fingerprint density at radius 2 is 1.94 bits per heavy atom. The third kappa shape index (κ3) is 3.91. The van der Waals surface area contributed by atoms with Crippen LogP contribution in [0.25, 0.3) is 0 Å². The third-order valence-corrected chi connectivity index (χ3v) is 3.71. The first-order valence-electron chi connectivity index (χ1n) is 6.19. The molecule has 0 spiro atoms. The SMILES string of the molecule is CCCC(CC)N[C@H](C)c1ccccc1Br. The van der Waals surface area contributed by atoms with E-state index < -0.39 is 0 Å². The minimum absolute atomic E-state index is 0.409. The van der Waals surface area contributed by atoms with Crippen molar-refractivity contribution in [3.63, 3.8) is 0 Å². The molecule has 2 heteroatoms. The minimum Gasteiger partial charge on any atom is -0.307 e. The summed E-state index contributed by atoms with van der Waals surface area (Å²) in [5, 5.41) is 3.69. The van der Waals surface area contributed by atoms with E-state index in [4.69, 9.17) is 0 Å². The predicted molar refractivity (Wildman–Crippen MR) is 74.7 cm³/mol. The van der Waals surface area contributed by atoms with Crippen LogP contribution in [-0.2, 0) is 0 Å². The fourth-order valence-electron chi connectivity index (χ4n) is 2.02. The van der Waals surface area contributed by atoms with E-state index in [1.807, 2.05) is 0 Å². The van der Waals surface area contributed by atoms with Crippen molar-refractivity contribution in [2.24, 2.45) is 0 Å². The Labute approximate surface area is 108 Å². The fraction of sp³-hybridized carbons (Fsp3) is 0.571. The van der Waals surface area contributed by atoms with Crippen molar-refractivity contribution in [2.45, 2.75) is 52.1 Å². The summed E-state index contributed by atoms with van der Waals surface area (Å²) in [6, 6.07) is 9.48. The van der Waals surface area contributed by atoms with Gasteiger partial charge in [0.2, 0.25) is 0 Å². The molecule has 0 saturated carbocycles. The molecule has 0 aliphatic carbocycles. The smallest absolute Gasteiger partial charge is 0.0305 e. The number of rotatable bonds is 6. The highest BCUT2D eigenvalue weighted by atomic mass is 79.9. The van der Waals surface area contributed by atoms with E-state index in [1.165, 1.54) is 29.3 Å². The van der Waals surface area contributed by atoms with Gasteiger partial charge in [0.15, 0.2) is 0 Å². The predicted octanol–water partition coefficient (Wildman–Crippen LogP) is 4.68. The Morgan fingerprint density at radius 3 is 2.50 bits per heavy atom. The largest absolute Gasteiger partial charge is 0.307 e. The van der Waals surface area contributed by atoms with Crippen LogP contribution in [0.3, 0.4) is 0 Å². The molecule has 0 saturated heterocycles. The minimum atomic E-state index is 0.409. The second kappa shape index (κ2) is 7.08. The van der Waals surface area contributed by atoms with E-state index in [9.17, 15) is 0 Å². The zero-order chi connectivity index (χ0) is 12.0. The molecule has 1 unspecified atom stereocenters. The Morgan fingerprint density at radius 1 is 1.25 bits per heavy atom. The molecule has 16 heavy (non-hydrogen) atoms. The van der Waals surface area contributed by atoms with Crippen LogP contribution in [-0.4, -0.2) is 6.04 Å². The average Bonchev–Trinajstić information content (AvgIpc) is 2.28. The van der Waals surface area contributed by atoms with Gasteiger partial charge in [-0.3, -0.25) is 0 Å². The average molecular weight is 284 g/mol. The van der Waals surface area contributed by atoms with Crippen LogP contribution in [0.1, 0.15) is 51.6 Å². The molecule has 1 aromatic carbocycles. The number of nitrogens with one attached hydrogen (secondary N) is 1.